The van der Waals surface area contributed by atoms with Crippen molar-refractivity contribution >= 4 is 0 Å². The second-order valence-corrected chi connectivity index (χ2v) is 5.02. The van der Waals surface area contributed by atoms with Gasteiger partial charge in [-0.05, 0) is 26.2 Å². The highest BCUT2D eigenvalue weighted by atomic mass is 16.3. The molecule has 3 N–H and O–H groups in total. The Morgan fingerprint density at radius 3 is 2.60 bits per heavy atom. The van der Waals surface area contributed by atoms with Crippen molar-refractivity contribution in [1.29, 1.82) is 0 Å². The number of hydrogen-bond donors (Lipinski definition) is 3. The quantitative estimate of drug-likeness (QED) is 0.516. The minimum atomic E-state index is 0.147. The SMILES string of the molecule is C=C(/C(C(=C)N1CCCCN1)=C(\C)CC)/C(O)=C\NC. The molecule has 0 bridgehead atoms. The minimum Gasteiger partial charge on any atom is -0.506 e. The van der Waals surface area contributed by atoms with E-state index in [1.54, 1.807) is 13.2 Å². The average Bonchev–Trinajstić information content (AvgIpc) is 2.48. The van der Waals surface area contributed by atoms with Crippen molar-refractivity contribution in [2.24, 2.45) is 0 Å². The van der Waals surface area contributed by atoms with E-state index in [2.05, 4.69) is 42.8 Å². The molecule has 0 saturated carbocycles. The Balaban J connectivity index is 3.04. The summed E-state index contributed by atoms with van der Waals surface area (Å²) in [5.41, 5.74) is 6.94. The number of aliphatic hydroxyl groups excluding tert-OH is 1. The van der Waals surface area contributed by atoms with E-state index >= 15 is 0 Å². The lowest BCUT2D eigenvalue weighted by Crippen LogP contribution is -2.42. The molecule has 4 nitrogen and oxygen atoms in total. The van der Waals surface area contributed by atoms with E-state index in [-0.39, 0.29) is 5.76 Å². The third kappa shape index (κ3) is 3.90. The lowest BCUT2D eigenvalue weighted by atomic mass is 9.96. The molecule has 0 aromatic carbocycles. The van der Waals surface area contributed by atoms with Gasteiger partial charge in [-0.2, -0.15) is 0 Å². The van der Waals surface area contributed by atoms with E-state index in [4.69, 9.17) is 0 Å². The smallest absolute Gasteiger partial charge is 0.138 e. The maximum atomic E-state index is 10.1. The molecule has 1 aliphatic rings. The first-order valence-corrected chi connectivity index (χ1v) is 7.19. The van der Waals surface area contributed by atoms with Crippen LogP contribution in [0.3, 0.4) is 0 Å². The summed E-state index contributed by atoms with van der Waals surface area (Å²) in [5, 5.41) is 15.0. The van der Waals surface area contributed by atoms with E-state index in [9.17, 15) is 5.11 Å². The van der Waals surface area contributed by atoms with E-state index in [1.807, 2.05) is 0 Å². The standard InChI is InChI=1S/C16H27N3O/c1-6-12(2)16(13(3)15(20)11-17-5)14(4)19-10-8-7-9-18-19/h11,17-18,20H,3-4,6-10H2,1-2,5H3/b15-11+,16-12-. The highest BCUT2D eigenvalue weighted by Crippen LogP contribution is 2.29. The van der Waals surface area contributed by atoms with E-state index in [0.717, 1.165) is 37.2 Å². The van der Waals surface area contributed by atoms with Crippen LogP contribution in [-0.2, 0) is 0 Å². The molecule has 0 aromatic heterocycles. The van der Waals surface area contributed by atoms with Gasteiger partial charge in [-0.15, -0.1) is 0 Å². The van der Waals surface area contributed by atoms with Crippen molar-refractivity contribution in [3.63, 3.8) is 0 Å². The van der Waals surface area contributed by atoms with Crippen molar-refractivity contribution in [2.75, 3.05) is 20.1 Å². The Hall–Kier alpha value is -1.68. The van der Waals surface area contributed by atoms with Crippen LogP contribution in [-0.4, -0.2) is 30.3 Å². The first kappa shape index (κ1) is 16.4. The van der Waals surface area contributed by atoms with Crippen LogP contribution in [0.25, 0.3) is 0 Å². The molecule has 1 fully saturated rings. The summed E-state index contributed by atoms with van der Waals surface area (Å²) >= 11 is 0. The van der Waals surface area contributed by atoms with Gasteiger partial charge in [0.1, 0.15) is 5.76 Å². The summed E-state index contributed by atoms with van der Waals surface area (Å²) < 4.78 is 0. The second-order valence-electron chi connectivity index (χ2n) is 5.02. The maximum Gasteiger partial charge on any atom is 0.138 e. The van der Waals surface area contributed by atoms with Gasteiger partial charge in [0.25, 0.3) is 0 Å². The molecule has 1 rings (SSSR count). The van der Waals surface area contributed by atoms with E-state index < -0.39 is 0 Å². The molecule has 0 amide bonds. The van der Waals surface area contributed by atoms with Crippen molar-refractivity contribution in [3.05, 3.63) is 47.5 Å². The number of nitrogens with zero attached hydrogens (tertiary/aromatic N) is 1. The van der Waals surface area contributed by atoms with Crippen LogP contribution in [0.15, 0.2) is 47.5 Å². The van der Waals surface area contributed by atoms with Gasteiger partial charge in [-0.3, -0.25) is 0 Å². The Labute approximate surface area is 122 Å². The molecular weight excluding hydrogens is 250 g/mol. The predicted molar refractivity (Wildman–Crippen MR) is 85.0 cm³/mol. The summed E-state index contributed by atoms with van der Waals surface area (Å²) in [6.45, 7) is 14.3. The second kappa shape index (κ2) is 7.80. The summed E-state index contributed by atoms with van der Waals surface area (Å²) in [4.78, 5) is 0. The fraction of sp³-hybridized carbons (Fsp3) is 0.500. The number of allylic oxidation sites excluding steroid dienone is 3. The molecule has 1 aliphatic heterocycles. The Morgan fingerprint density at radius 2 is 2.10 bits per heavy atom. The van der Waals surface area contributed by atoms with Crippen LogP contribution in [0.5, 0.6) is 0 Å². The van der Waals surface area contributed by atoms with Crippen LogP contribution in [0.1, 0.15) is 33.1 Å². The van der Waals surface area contributed by atoms with Crippen LogP contribution in [0.4, 0.5) is 0 Å². The van der Waals surface area contributed by atoms with Gasteiger partial charge in [-0.1, -0.05) is 25.7 Å². The lowest BCUT2D eigenvalue weighted by Gasteiger charge is -2.33. The lowest BCUT2D eigenvalue weighted by molar-refractivity contribution is 0.208. The molecule has 112 valence electrons. The Kier molecular flexibility index (Phi) is 6.39. The van der Waals surface area contributed by atoms with Gasteiger partial charge in [0.15, 0.2) is 0 Å². The van der Waals surface area contributed by atoms with Gasteiger partial charge >= 0.3 is 0 Å². The monoisotopic (exact) mass is 277 g/mol. The normalized spacial score (nSPS) is 17.6. The minimum absolute atomic E-state index is 0.147. The first-order chi connectivity index (χ1) is 9.52. The van der Waals surface area contributed by atoms with E-state index in [0.29, 0.717) is 5.57 Å². The third-order valence-corrected chi connectivity index (χ3v) is 3.57. The van der Waals surface area contributed by atoms with Crippen molar-refractivity contribution in [3.8, 4) is 0 Å². The predicted octanol–water partition coefficient (Wildman–Crippen LogP) is 3.00. The summed E-state index contributed by atoms with van der Waals surface area (Å²) in [6, 6.07) is 0. The molecule has 0 unspecified atom stereocenters. The average molecular weight is 277 g/mol. The van der Waals surface area contributed by atoms with Crippen molar-refractivity contribution in [1.82, 2.24) is 15.8 Å². The highest BCUT2D eigenvalue weighted by molar-refractivity contribution is 5.53. The van der Waals surface area contributed by atoms with Crippen LogP contribution >= 0.6 is 0 Å². The number of nitrogens with one attached hydrogen (secondary N) is 2. The zero-order valence-corrected chi connectivity index (χ0v) is 12.9. The first-order valence-electron chi connectivity index (χ1n) is 7.19. The molecule has 4 heteroatoms. The topological polar surface area (TPSA) is 47.5 Å². The Morgan fingerprint density at radius 1 is 1.40 bits per heavy atom. The molecule has 20 heavy (non-hydrogen) atoms. The highest BCUT2D eigenvalue weighted by Gasteiger charge is 2.20. The van der Waals surface area contributed by atoms with Crippen LogP contribution in [0.2, 0.25) is 0 Å². The molecular formula is C16H27N3O. The fourth-order valence-electron chi connectivity index (χ4n) is 2.26. The van der Waals surface area contributed by atoms with Gasteiger partial charge in [0.05, 0.1) is 5.70 Å². The molecule has 1 heterocycles. The van der Waals surface area contributed by atoms with Gasteiger partial charge in [0, 0.05) is 37.5 Å². The van der Waals surface area contributed by atoms with Crippen molar-refractivity contribution in [2.45, 2.75) is 33.1 Å². The molecule has 0 spiro atoms. The van der Waals surface area contributed by atoms with Gasteiger partial charge < -0.3 is 15.4 Å². The number of aliphatic hydroxyl groups is 1. The Bertz CT molecular complexity index is 429. The fourth-order valence-corrected chi connectivity index (χ4v) is 2.26. The third-order valence-electron chi connectivity index (χ3n) is 3.57. The van der Waals surface area contributed by atoms with Crippen molar-refractivity contribution < 1.29 is 5.11 Å². The molecule has 0 radical (unpaired) electrons. The molecule has 0 atom stereocenters. The maximum absolute atomic E-state index is 10.1. The summed E-state index contributed by atoms with van der Waals surface area (Å²) in [6.07, 6.45) is 4.77. The summed E-state index contributed by atoms with van der Waals surface area (Å²) in [5.74, 6) is 0.147. The number of hydrazine groups is 1. The van der Waals surface area contributed by atoms with Crippen LogP contribution < -0.4 is 10.7 Å². The largest absolute Gasteiger partial charge is 0.506 e. The molecule has 1 saturated heterocycles. The molecule has 0 aromatic rings. The van der Waals surface area contributed by atoms with Gasteiger partial charge in [-0.25, -0.2) is 5.43 Å². The number of rotatable bonds is 6. The zero-order valence-electron chi connectivity index (χ0n) is 12.9. The molecule has 0 aliphatic carbocycles. The number of hydrogen-bond acceptors (Lipinski definition) is 4. The zero-order chi connectivity index (χ0) is 15.1. The summed E-state index contributed by atoms with van der Waals surface area (Å²) in [7, 11) is 1.75. The van der Waals surface area contributed by atoms with Gasteiger partial charge in [0.2, 0.25) is 0 Å². The van der Waals surface area contributed by atoms with Crippen LogP contribution in [0, 0.1) is 0 Å². The van der Waals surface area contributed by atoms with E-state index in [1.165, 1.54) is 12.0 Å².